The highest BCUT2D eigenvalue weighted by atomic mass is 16.4. The zero-order chi connectivity index (χ0) is 62.9. The minimum Gasteiger partial charge on any atom is -0.480 e. The number of primary amides is 1. The number of fused-ring (bicyclic) bond motifs is 2. The van der Waals surface area contributed by atoms with Gasteiger partial charge in [0.05, 0.1) is 12.5 Å². The highest BCUT2D eigenvalue weighted by molar-refractivity contribution is 5.99. The number of aliphatic imine (C=N–C) groups is 2. The number of carbonyl (C=O) groups is 10. The number of aliphatic carboxylic acids is 1. The molecule has 0 spiro atoms. The summed E-state index contributed by atoms with van der Waals surface area (Å²) in [6.45, 7) is 6.54. The zero-order valence-corrected chi connectivity index (χ0v) is 48.2. The van der Waals surface area contributed by atoms with Crippen LogP contribution in [-0.2, 0) is 60.8 Å². The predicted octanol–water partition coefficient (Wildman–Crippen LogP) is -3.47. The van der Waals surface area contributed by atoms with Crippen LogP contribution in [0.4, 0.5) is 0 Å². The van der Waals surface area contributed by atoms with Crippen LogP contribution in [0.3, 0.4) is 0 Å². The van der Waals surface area contributed by atoms with Crippen molar-refractivity contribution in [3.8, 4) is 0 Å². The average molecular weight is 1190 g/mol. The molecule has 9 atom stereocenters. The van der Waals surface area contributed by atoms with E-state index in [0.717, 1.165) is 10.9 Å². The number of nitrogens with zero attached hydrogens (tertiary/aromatic N) is 2. The Morgan fingerprint density at radius 2 is 0.918 bits per heavy atom. The third-order valence-electron chi connectivity index (χ3n) is 13.7. The lowest BCUT2D eigenvalue weighted by atomic mass is 10.00. The molecule has 0 radical (unpaired) electrons. The van der Waals surface area contributed by atoms with Crippen LogP contribution in [0, 0.1) is 5.92 Å². The number of hydrogen-bond acceptors (Lipinski definition) is 14. The average Bonchev–Trinajstić information content (AvgIpc) is 3.56. The van der Waals surface area contributed by atoms with Crippen molar-refractivity contribution < 1.29 is 53.1 Å². The van der Waals surface area contributed by atoms with Gasteiger partial charge in [-0.25, -0.2) is 4.79 Å². The van der Waals surface area contributed by atoms with Crippen LogP contribution >= 0.6 is 0 Å². The first-order valence-electron chi connectivity index (χ1n) is 27.9. The number of amides is 9. The van der Waals surface area contributed by atoms with Gasteiger partial charge in [0.2, 0.25) is 53.2 Å². The van der Waals surface area contributed by atoms with Crippen LogP contribution in [0.5, 0.6) is 0 Å². The number of nitrogens with one attached hydrogen (secondary N) is 10. The molecule has 4 rings (SSSR count). The van der Waals surface area contributed by atoms with E-state index in [-0.39, 0.29) is 70.1 Å². The molecular formula is C55H83N19O11. The maximum absolute atomic E-state index is 14.6. The molecule has 2 aromatic heterocycles. The largest absolute Gasteiger partial charge is 0.480 e. The molecule has 85 heavy (non-hydrogen) atoms. The van der Waals surface area contributed by atoms with Crippen LogP contribution in [0.25, 0.3) is 21.8 Å². The Balaban J connectivity index is 1.58. The summed E-state index contributed by atoms with van der Waals surface area (Å²) in [6, 6.07) is 2.15. The Morgan fingerprint density at radius 3 is 1.40 bits per heavy atom. The molecule has 0 bridgehead atoms. The molecule has 30 nitrogen and oxygen atoms in total. The van der Waals surface area contributed by atoms with Crippen molar-refractivity contribution in [2.75, 3.05) is 19.6 Å². The van der Waals surface area contributed by atoms with Gasteiger partial charge in [-0.1, -0.05) is 50.2 Å². The lowest BCUT2D eigenvalue weighted by Gasteiger charge is -2.28. The molecule has 25 N–H and O–H groups in total. The van der Waals surface area contributed by atoms with E-state index in [4.69, 9.17) is 40.1 Å². The van der Waals surface area contributed by atoms with Gasteiger partial charge in [-0.15, -0.1) is 0 Å². The normalized spacial score (nSPS) is 14.3. The molecule has 2 heterocycles. The van der Waals surface area contributed by atoms with Crippen molar-refractivity contribution in [1.29, 1.82) is 0 Å². The van der Waals surface area contributed by atoms with Gasteiger partial charge in [-0.05, 0) is 94.5 Å². The quantitative estimate of drug-likeness (QED) is 0.0120. The fourth-order valence-corrected chi connectivity index (χ4v) is 9.00. The van der Waals surface area contributed by atoms with E-state index in [9.17, 15) is 53.1 Å². The van der Waals surface area contributed by atoms with Gasteiger partial charge in [0.25, 0.3) is 0 Å². The van der Waals surface area contributed by atoms with Crippen LogP contribution < -0.4 is 82.7 Å². The summed E-state index contributed by atoms with van der Waals surface area (Å²) >= 11 is 0. The third kappa shape index (κ3) is 22.1. The number of H-pyrrole nitrogens is 2. The Labute approximate surface area is 490 Å². The molecule has 0 fully saturated rings. The second-order valence-corrected chi connectivity index (χ2v) is 20.9. The van der Waals surface area contributed by atoms with Crippen LogP contribution in [0.2, 0.25) is 0 Å². The Morgan fingerprint density at radius 1 is 0.494 bits per heavy atom. The first-order valence-corrected chi connectivity index (χ1v) is 27.9. The molecule has 30 heteroatoms. The molecular weight excluding hydrogens is 1100 g/mol. The third-order valence-corrected chi connectivity index (χ3v) is 13.7. The number of aromatic amines is 2. The molecule has 0 saturated carbocycles. The highest BCUT2D eigenvalue weighted by Gasteiger charge is 2.36. The van der Waals surface area contributed by atoms with Crippen LogP contribution in [0.15, 0.2) is 70.9 Å². The molecule has 4 aromatic rings. The molecule has 0 aliphatic carbocycles. The number of carboxylic acid groups (broad SMARTS) is 1. The van der Waals surface area contributed by atoms with Crippen LogP contribution in [0.1, 0.15) is 90.2 Å². The molecule has 0 saturated heterocycles. The van der Waals surface area contributed by atoms with Crippen molar-refractivity contribution in [3.63, 3.8) is 0 Å². The minimum absolute atomic E-state index is 0.0126. The molecule has 0 aliphatic rings. The maximum Gasteiger partial charge on any atom is 0.326 e. The second kappa shape index (κ2) is 33.7. The number of hydrogen-bond donors (Lipinski definition) is 18. The van der Waals surface area contributed by atoms with Crippen molar-refractivity contribution >= 4 is 92.9 Å². The van der Waals surface area contributed by atoms with E-state index in [1.165, 1.54) is 13.8 Å². The summed E-state index contributed by atoms with van der Waals surface area (Å²) in [7, 11) is 0. The topological polar surface area (TPSA) is 526 Å². The maximum atomic E-state index is 14.6. The number of para-hydroxylation sites is 2. The number of aromatic nitrogens is 2. The van der Waals surface area contributed by atoms with Gasteiger partial charge in [0, 0.05) is 60.1 Å². The summed E-state index contributed by atoms with van der Waals surface area (Å²) in [4.78, 5) is 150. The van der Waals surface area contributed by atoms with Crippen molar-refractivity contribution in [1.82, 2.24) is 52.5 Å². The zero-order valence-electron chi connectivity index (χ0n) is 48.2. The fraction of sp³-hybridized carbons (Fsp3) is 0.491. The summed E-state index contributed by atoms with van der Waals surface area (Å²) in [5.74, 6) is -10.2. The van der Waals surface area contributed by atoms with E-state index in [1.54, 1.807) is 56.6 Å². The van der Waals surface area contributed by atoms with Crippen molar-refractivity contribution in [2.24, 2.45) is 56.0 Å². The lowest BCUT2D eigenvalue weighted by Crippen LogP contribution is -2.61. The van der Waals surface area contributed by atoms with E-state index in [0.29, 0.717) is 41.3 Å². The number of rotatable bonds is 36. The van der Waals surface area contributed by atoms with Crippen molar-refractivity contribution in [3.05, 3.63) is 72.1 Å². The second-order valence-electron chi connectivity index (χ2n) is 20.9. The number of nitrogens with two attached hydrogens (primary N) is 7. The number of benzene rings is 2. The molecule has 9 amide bonds. The highest BCUT2D eigenvalue weighted by Crippen LogP contribution is 2.21. The molecule has 0 unspecified atom stereocenters. The Bertz CT molecular complexity index is 3020. The standard InChI is InChI=1S/C55H83N19O11/c1-28(2)44(74-51(82)41(24-32-27-66-37-17-8-6-14-34(32)37)72-45(76)29(3)67-47(78)35(57)15-11-21-63-54(59)60)52(83)68-30(4)46(77)71-40(23-31-26-65-36-16-7-5-13-33(31)36)49(80)69-38(19-12-22-64-55(61)62)48(79)73-42(25-43(58)75)50(81)70-39(53(84)85)18-9-10-20-56/h5-8,13-14,16-17,26-30,35,38-42,44,65-66H,9-12,15,18-25,56-57H2,1-4H3,(H2,58,75)(H,67,78)(H,68,83)(H,69,80)(H,70,81)(H,71,77)(H,72,76)(H,73,79)(H,74,82)(H,84,85)(H4,59,60,63)(H4,61,62,64)/t29-,30-,35-,38-,39-,40-,41-,42-,44-/m0/s1. The number of unbranched alkanes of at least 4 members (excludes halogenated alkanes) is 1. The predicted molar refractivity (Wildman–Crippen MR) is 318 cm³/mol. The Kier molecular flexibility index (Phi) is 27.0. The van der Waals surface area contributed by atoms with E-state index >= 15 is 0 Å². The lowest BCUT2D eigenvalue weighted by molar-refractivity contribution is -0.142. The van der Waals surface area contributed by atoms with Gasteiger partial charge < -0.3 is 97.7 Å². The van der Waals surface area contributed by atoms with E-state index < -0.39 is 126 Å². The van der Waals surface area contributed by atoms with Gasteiger partial charge in [-0.3, -0.25) is 53.1 Å². The first-order chi connectivity index (χ1) is 40.3. The molecule has 0 aliphatic heterocycles. The Hall–Kier alpha value is -9.32. The van der Waals surface area contributed by atoms with E-state index in [2.05, 4.69) is 62.5 Å². The molecule has 2 aromatic carbocycles. The summed E-state index contributed by atoms with van der Waals surface area (Å²) in [5, 5.41) is 31.9. The van der Waals surface area contributed by atoms with Crippen molar-refractivity contribution in [2.45, 2.75) is 146 Å². The first kappa shape index (κ1) is 68.2. The van der Waals surface area contributed by atoms with Gasteiger partial charge in [-0.2, -0.15) is 0 Å². The van der Waals surface area contributed by atoms with Gasteiger partial charge in [0.15, 0.2) is 11.9 Å². The smallest absolute Gasteiger partial charge is 0.326 e. The monoisotopic (exact) mass is 1190 g/mol. The van der Waals surface area contributed by atoms with Gasteiger partial charge >= 0.3 is 5.97 Å². The van der Waals surface area contributed by atoms with Gasteiger partial charge in [0.1, 0.15) is 48.3 Å². The minimum atomic E-state index is -1.69. The number of guanidine groups is 2. The number of carbonyl (C=O) groups excluding carboxylic acids is 9. The summed E-state index contributed by atoms with van der Waals surface area (Å²) in [5.41, 5.74) is 41.5. The summed E-state index contributed by atoms with van der Waals surface area (Å²) < 4.78 is 0. The fourth-order valence-electron chi connectivity index (χ4n) is 9.00. The molecule has 464 valence electrons. The number of carboxylic acids is 1. The van der Waals surface area contributed by atoms with E-state index in [1.807, 2.05) is 18.2 Å². The SMILES string of the molecule is CC(C)[C@H](NC(=O)[C@H](Cc1c[nH]c2ccccc12)NC(=O)[C@H](C)NC(=O)[C@@H](N)CCCN=C(N)N)C(=O)N[C@@H](C)C(=O)N[C@@H](Cc1c[nH]c2ccccc12)C(=O)N[C@@H](CCCN=C(N)N)C(=O)N[C@@H](CC(N)=O)C(=O)N[C@@H](CCCCN)C(=O)O. The summed E-state index contributed by atoms with van der Waals surface area (Å²) in [6.07, 6.45) is 3.60. The van der Waals surface area contributed by atoms with Crippen LogP contribution in [-0.4, -0.2) is 160 Å².